The number of nitrogens with two attached hydrogens (primary N) is 1. The van der Waals surface area contributed by atoms with Gasteiger partial charge in [-0.05, 0) is 19.1 Å². The molecule has 16 heavy (non-hydrogen) atoms. The summed E-state index contributed by atoms with van der Waals surface area (Å²) in [6.07, 6.45) is 0. The maximum absolute atomic E-state index is 5.51. The van der Waals surface area contributed by atoms with Gasteiger partial charge < -0.3 is 10.6 Å². The van der Waals surface area contributed by atoms with E-state index in [1.807, 2.05) is 23.9 Å². The van der Waals surface area contributed by atoms with Crippen LogP contribution in [0.4, 0.5) is 5.82 Å². The minimum absolute atomic E-state index is 0.453. The fraction of sp³-hybridized carbons (Fsp3) is 0.636. The van der Waals surface area contributed by atoms with Crippen LogP contribution in [0.2, 0.25) is 0 Å². The Balaban J connectivity index is 2.15. The summed E-state index contributed by atoms with van der Waals surface area (Å²) >= 11 is 2.02. The van der Waals surface area contributed by atoms with Crippen LogP contribution in [0.15, 0.2) is 12.1 Å². The molecule has 1 aromatic heterocycles. The van der Waals surface area contributed by atoms with Gasteiger partial charge in [-0.15, -0.1) is 5.10 Å². The number of hydrogen-bond donors (Lipinski definition) is 1. The zero-order valence-corrected chi connectivity index (χ0v) is 10.6. The molecule has 1 saturated heterocycles. The smallest absolute Gasteiger partial charge is 0.151 e. The van der Waals surface area contributed by atoms with Crippen molar-refractivity contribution in [1.82, 2.24) is 10.2 Å². The molecule has 0 bridgehead atoms. The van der Waals surface area contributed by atoms with Gasteiger partial charge in [-0.2, -0.15) is 16.9 Å². The Morgan fingerprint density at radius 1 is 1.44 bits per heavy atom. The predicted molar refractivity (Wildman–Crippen MR) is 68.7 cm³/mol. The fourth-order valence-corrected chi connectivity index (χ4v) is 2.97. The van der Waals surface area contributed by atoms with Crippen LogP contribution in [0.3, 0.4) is 0 Å². The highest BCUT2D eigenvalue weighted by molar-refractivity contribution is 8.00. The van der Waals surface area contributed by atoms with Crippen molar-refractivity contribution < 1.29 is 0 Å². The second-order valence-corrected chi connectivity index (χ2v) is 5.58. The van der Waals surface area contributed by atoms with Crippen molar-refractivity contribution in [2.75, 3.05) is 17.2 Å². The van der Waals surface area contributed by atoms with E-state index in [-0.39, 0.29) is 0 Å². The van der Waals surface area contributed by atoms with E-state index in [1.54, 1.807) is 0 Å². The first kappa shape index (κ1) is 11.7. The predicted octanol–water partition coefficient (Wildman–Crippen LogP) is 1.27. The van der Waals surface area contributed by atoms with Crippen molar-refractivity contribution in [3.8, 4) is 0 Å². The van der Waals surface area contributed by atoms with Gasteiger partial charge in [0.05, 0.1) is 5.69 Å². The third-order valence-electron chi connectivity index (χ3n) is 3.09. The molecule has 1 fully saturated rings. The van der Waals surface area contributed by atoms with E-state index < -0.39 is 0 Å². The number of aromatic nitrogens is 2. The van der Waals surface area contributed by atoms with Crippen molar-refractivity contribution >= 4 is 17.6 Å². The molecule has 0 saturated carbocycles. The summed E-state index contributed by atoms with van der Waals surface area (Å²) in [4.78, 5) is 2.33. The van der Waals surface area contributed by atoms with Crippen molar-refractivity contribution in [2.45, 2.75) is 31.7 Å². The zero-order valence-electron chi connectivity index (χ0n) is 9.76. The summed E-state index contributed by atoms with van der Waals surface area (Å²) in [5.41, 5.74) is 6.35. The molecule has 2 atom stereocenters. The third kappa shape index (κ3) is 2.30. The summed E-state index contributed by atoms with van der Waals surface area (Å²) in [5.74, 6) is 2.13. The normalized spacial score (nSPS) is 25.8. The van der Waals surface area contributed by atoms with Crippen LogP contribution >= 0.6 is 11.8 Å². The van der Waals surface area contributed by atoms with Crippen LogP contribution in [0.5, 0.6) is 0 Å². The monoisotopic (exact) mass is 238 g/mol. The van der Waals surface area contributed by atoms with E-state index in [1.165, 1.54) is 0 Å². The molecule has 0 aromatic carbocycles. The first-order valence-electron chi connectivity index (χ1n) is 5.63. The van der Waals surface area contributed by atoms with Gasteiger partial charge >= 0.3 is 0 Å². The van der Waals surface area contributed by atoms with E-state index in [9.17, 15) is 0 Å². The molecule has 4 nitrogen and oxygen atoms in total. The van der Waals surface area contributed by atoms with Gasteiger partial charge in [-0.25, -0.2) is 0 Å². The zero-order chi connectivity index (χ0) is 11.5. The lowest BCUT2D eigenvalue weighted by molar-refractivity contribution is 0.615. The van der Waals surface area contributed by atoms with Gasteiger partial charge in [0, 0.05) is 30.1 Å². The van der Waals surface area contributed by atoms with Crippen LogP contribution < -0.4 is 10.6 Å². The number of nitrogens with zero attached hydrogens (tertiary/aromatic N) is 3. The largest absolute Gasteiger partial charge is 0.350 e. The van der Waals surface area contributed by atoms with E-state index in [4.69, 9.17) is 5.73 Å². The van der Waals surface area contributed by atoms with E-state index in [0.29, 0.717) is 17.8 Å². The van der Waals surface area contributed by atoms with E-state index in [2.05, 4.69) is 28.9 Å². The molecule has 1 aliphatic heterocycles. The topological polar surface area (TPSA) is 55.0 Å². The van der Waals surface area contributed by atoms with Crippen LogP contribution in [0, 0.1) is 0 Å². The molecule has 5 heteroatoms. The number of thioether (sulfide) groups is 1. The van der Waals surface area contributed by atoms with E-state index in [0.717, 1.165) is 23.8 Å². The Morgan fingerprint density at radius 2 is 2.25 bits per heavy atom. The SMILES string of the molecule is CC1SCCN(c2ccc(CN)nn2)C1C. The van der Waals surface area contributed by atoms with Gasteiger partial charge in [0.1, 0.15) is 0 Å². The van der Waals surface area contributed by atoms with E-state index >= 15 is 0 Å². The van der Waals surface area contributed by atoms with Gasteiger partial charge in [0.2, 0.25) is 0 Å². The highest BCUT2D eigenvalue weighted by Gasteiger charge is 2.26. The van der Waals surface area contributed by atoms with Gasteiger partial charge in [0.25, 0.3) is 0 Å². The van der Waals surface area contributed by atoms with Gasteiger partial charge in [-0.3, -0.25) is 0 Å². The Hall–Kier alpha value is -0.810. The minimum Gasteiger partial charge on any atom is -0.350 e. The third-order valence-corrected chi connectivity index (χ3v) is 4.43. The molecule has 0 radical (unpaired) electrons. The molecular weight excluding hydrogens is 220 g/mol. The molecule has 2 rings (SSSR count). The molecule has 2 heterocycles. The highest BCUT2D eigenvalue weighted by Crippen LogP contribution is 2.27. The maximum Gasteiger partial charge on any atom is 0.151 e. The number of rotatable bonds is 2. The van der Waals surface area contributed by atoms with Crippen molar-refractivity contribution in [3.63, 3.8) is 0 Å². The van der Waals surface area contributed by atoms with Crippen molar-refractivity contribution in [1.29, 1.82) is 0 Å². The maximum atomic E-state index is 5.51. The second kappa shape index (κ2) is 5.01. The van der Waals surface area contributed by atoms with Crippen molar-refractivity contribution in [2.24, 2.45) is 5.73 Å². The summed E-state index contributed by atoms with van der Waals surface area (Å²) in [6.45, 7) is 6.01. The molecule has 0 aliphatic carbocycles. The quantitative estimate of drug-likeness (QED) is 0.841. The molecule has 2 unspecified atom stereocenters. The standard InChI is InChI=1S/C11H18N4S/c1-8-9(2)16-6-5-15(8)11-4-3-10(7-12)13-14-11/h3-4,8-9H,5-7,12H2,1-2H3. The number of hydrogen-bond acceptors (Lipinski definition) is 5. The first-order chi connectivity index (χ1) is 7.72. The minimum atomic E-state index is 0.453. The summed E-state index contributed by atoms with van der Waals surface area (Å²) in [6, 6.07) is 4.49. The first-order valence-corrected chi connectivity index (χ1v) is 6.68. The average Bonchev–Trinajstić information content (AvgIpc) is 2.33. The molecular formula is C11H18N4S. The Morgan fingerprint density at radius 3 is 2.88 bits per heavy atom. The Bertz CT molecular complexity index is 340. The van der Waals surface area contributed by atoms with Crippen LogP contribution in [0.25, 0.3) is 0 Å². The summed E-state index contributed by atoms with van der Waals surface area (Å²) in [7, 11) is 0. The van der Waals surface area contributed by atoms with Gasteiger partial charge in [0.15, 0.2) is 5.82 Å². The highest BCUT2D eigenvalue weighted by atomic mass is 32.2. The van der Waals surface area contributed by atoms with Crippen molar-refractivity contribution in [3.05, 3.63) is 17.8 Å². The van der Waals surface area contributed by atoms with Gasteiger partial charge in [-0.1, -0.05) is 6.92 Å². The molecule has 0 amide bonds. The van der Waals surface area contributed by atoms with Crippen LogP contribution in [-0.4, -0.2) is 33.8 Å². The lowest BCUT2D eigenvalue weighted by atomic mass is 10.2. The average molecular weight is 238 g/mol. The Kier molecular flexibility index (Phi) is 3.66. The summed E-state index contributed by atoms with van der Waals surface area (Å²) in [5, 5.41) is 9.00. The Labute approximate surface area is 101 Å². The second-order valence-electron chi connectivity index (χ2n) is 4.10. The summed E-state index contributed by atoms with van der Waals surface area (Å²) < 4.78 is 0. The molecule has 2 N–H and O–H groups in total. The van der Waals surface area contributed by atoms with Crippen LogP contribution in [-0.2, 0) is 6.54 Å². The molecule has 1 aromatic rings. The lowest BCUT2D eigenvalue weighted by Crippen LogP contribution is -2.45. The van der Waals surface area contributed by atoms with Crippen LogP contribution in [0.1, 0.15) is 19.5 Å². The molecule has 1 aliphatic rings. The molecule has 0 spiro atoms. The molecule has 88 valence electrons. The number of anilines is 1. The lowest BCUT2D eigenvalue weighted by Gasteiger charge is -2.38. The fourth-order valence-electron chi connectivity index (χ4n) is 1.87.